The van der Waals surface area contributed by atoms with Crippen LogP contribution < -0.4 is 10.2 Å². The Morgan fingerprint density at radius 1 is 0.824 bits per heavy atom. The van der Waals surface area contributed by atoms with Gasteiger partial charge >= 0.3 is 25.3 Å². The molecule has 0 fully saturated rings. The Hall–Kier alpha value is -1.29. The fourth-order valence-corrected chi connectivity index (χ4v) is 0.572. The van der Waals surface area contributed by atoms with Crippen molar-refractivity contribution in [3.63, 3.8) is 0 Å². The van der Waals surface area contributed by atoms with Crippen molar-refractivity contribution < 1.29 is 45.1 Å². The summed E-state index contributed by atoms with van der Waals surface area (Å²) in [6.45, 7) is 5.39. The van der Waals surface area contributed by atoms with Gasteiger partial charge in [0.1, 0.15) is 0 Å². The van der Waals surface area contributed by atoms with Crippen molar-refractivity contribution in [3.8, 4) is 0 Å². The zero-order valence-electron chi connectivity index (χ0n) is 10.0. The van der Waals surface area contributed by atoms with E-state index in [1.807, 2.05) is 0 Å². The zero-order valence-corrected chi connectivity index (χ0v) is 12.0. The molecule has 0 rings (SSSR count). The molecule has 7 heteroatoms. The average molecular weight is 326 g/mol. The van der Waals surface area contributed by atoms with E-state index >= 15 is 0 Å². The molecule has 0 amide bonds. The minimum absolute atomic E-state index is 0.187. The van der Waals surface area contributed by atoms with Crippen LogP contribution in [0.25, 0.3) is 0 Å². The third-order valence-electron chi connectivity index (χ3n) is 0.813. The monoisotopic (exact) mass is 328 g/mol. The van der Waals surface area contributed by atoms with Crippen molar-refractivity contribution in [2.45, 2.75) is 27.7 Å². The first kappa shape index (κ1) is 21.0. The van der Waals surface area contributed by atoms with Gasteiger partial charge in [-0.25, -0.2) is 0 Å². The molecule has 0 N–H and O–H groups in total. The van der Waals surface area contributed by atoms with Gasteiger partial charge in [0, 0.05) is 0 Å². The predicted molar refractivity (Wildman–Crippen MR) is 50.2 cm³/mol. The summed E-state index contributed by atoms with van der Waals surface area (Å²) in [5.41, 5.74) is 0. The van der Waals surface area contributed by atoms with Crippen LogP contribution in [0, 0.1) is 0 Å². The molecule has 0 aromatic heterocycles. The Labute approximate surface area is 108 Å². The molecular formula is C10H14MoO6. The molecule has 17 heavy (non-hydrogen) atoms. The number of hydrogen-bond donors (Lipinski definition) is 0. The SMILES string of the molecule is CC(=O)/C=C(/C)[O-].CC(=O)/C=C(/C)[O-].[O]=[Mo+2]=[O]. The molecule has 0 aliphatic carbocycles. The Bertz CT molecular complexity index is 301. The second-order valence-electron chi connectivity index (χ2n) is 2.80. The molecule has 96 valence electrons. The topological polar surface area (TPSA) is 114 Å². The first-order chi connectivity index (χ1) is 7.67. The molecule has 0 aromatic carbocycles. The molecule has 0 atom stereocenters. The normalized spacial score (nSPS) is 9.88. The number of ketones is 2. The molecular weight excluding hydrogens is 312 g/mol. The molecule has 0 bridgehead atoms. The van der Waals surface area contributed by atoms with Gasteiger partial charge in [0.25, 0.3) is 0 Å². The van der Waals surface area contributed by atoms with Gasteiger partial charge in [-0.05, 0) is 26.0 Å². The molecule has 0 aromatic rings. The van der Waals surface area contributed by atoms with Gasteiger partial charge in [0.2, 0.25) is 0 Å². The minimum atomic E-state index is -2.03. The molecule has 0 heterocycles. The van der Waals surface area contributed by atoms with E-state index in [1.54, 1.807) is 0 Å². The van der Waals surface area contributed by atoms with Crippen molar-refractivity contribution in [2.24, 2.45) is 0 Å². The van der Waals surface area contributed by atoms with E-state index in [4.69, 9.17) is 6.80 Å². The van der Waals surface area contributed by atoms with Crippen LogP contribution in [0.4, 0.5) is 0 Å². The van der Waals surface area contributed by atoms with Crippen LogP contribution in [0.5, 0.6) is 0 Å². The maximum atomic E-state index is 9.98. The molecule has 0 saturated heterocycles. The number of hydrogen-bond acceptors (Lipinski definition) is 6. The summed E-state index contributed by atoms with van der Waals surface area (Å²) < 4.78 is 17.0. The molecule has 0 aliphatic heterocycles. The van der Waals surface area contributed by atoms with E-state index < -0.39 is 18.5 Å². The fraction of sp³-hybridized carbons (Fsp3) is 0.400. The van der Waals surface area contributed by atoms with Crippen LogP contribution in [-0.4, -0.2) is 11.6 Å². The van der Waals surface area contributed by atoms with Crippen molar-refractivity contribution in [1.82, 2.24) is 0 Å². The number of carbonyl (C=O) groups is 2. The van der Waals surface area contributed by atoms with Gasteiger partial charge in [0.15, 0.2) is 11.6 Å². The second kappa shape index (κ2) is 14.7. The van der Waals surface area contributed by atoms with Gasteiger partial charge in [-0.1, -0.05) is 13.8 Å². The Morgan fingerprint density at radius 3 is 1.00 bits per heavy atom. The van der Waals surface area contributed by atoms with Crippen LogP contribution in [0.1, 0.15) is 27.7 Å². The van der Waals surface area contributed by atoms with Crippen LogP contribution in [0.3, 0.4) is 0 Å². The summed E-state index contributed by atoms with van der Waals surface area (Å²) >= 11 is -2.03. The summed E-state index contributed by atoms with van der Waals surface area (Å²) in [7, 11) is 0. The van der Waals surface area contributed by atoms with E-state index in [-0.39, 0.29) is 23.1 Å². The molecule has 0 radical (unpaired) electrons. The summed E-state index contributed by atoms with van der Waals surface area (Å²) in [4.78, 5) is 20.0. The molecule has 0 saturated carbocycles. The summed E-state index contributed by atoms with van der Waals surface area (Å²) in [6, 6.07) is 0. The van der Waals surface area contributed by atoms with Crippen LogP contribution in [-0.2, 0) is 34.9 Å². The molecule has 0 unspecified atom stereocenters. The average Bonchev–Trinajstić information content (AvgIpc) is 1.99. The maximum absolute atomic E-state index is 9.98. The fourth-order valence-electron chi connectivity index (χ4n) is 0.572. The molecule has 6 nitrogen and oxygen atoms in total. The van der Waals surface area contributed by atoms with Crippen molar-refractivity contribution in [2.75, 3.05) is 0 Å². The number of allylic oxidation sites excluding steroid dienone is 4. The van der Waals surface area contributed by atoms with Crippen molar-refractivity contribution >= 4 is 11.6 Å². The molecule has 0 aliphatic rings. The summed E-state index contributed by atoms with van der Waals surface area (Å²) in [5, 5.41) is 20.0. The Morgan fingerprint density at radius 2 is 1.00 bits per heavy atom. The van der Waals surface area contributed by atoms with Gasteiger partial charge in [-0.2, -0.15) is 0 Å². The van der Waals surface area contributed by atoms with Crippen LogP contribution in [0.2, 0.25) is 0 Å². The van der Waals surface area contributed by atoms with E-state index in [1.165, 1.54) is 27.7 Å². The van der Waals surface area contributed by atoms with Crippen molar-refractivity contribution in [3.05, 3.63) is 23.7 Å². The van der Waals surface area contributed by atoms with Crippen LogP contribution in [0.15, 0.2) is 23.7 Å². The number of rotatable bonds is 2. The van der Waals surface area contributed by atoms with Gasteiger partial charge in [0.05, 0.1) is 0 Å². The van der Waals surface area contributed by atoms with E-state index in [9.17, 15) is 19.8 Å². The van der Waals surface area contributed by atoms with Crippen LogP contribution >= 0.6 is 0 Å². The zero-order chi connectivity index (χ0) is 14.4. The second-order valence-corrected chi connectivity index (χ2v) is 3.13. The van der Waals surface area contributed by atoms with E-state index in [0.717, 1.165) is 12.2 Å². The Kier molecular flexibility index (Phi) is 18.2. The quantitative estimate of drug-likeness (QED) is 0.382. The Balaban J connectivity index is -0.000000188. The first-order valence-corrected chi connectivity index (χ1v) is 5.94. The third kappa shape index (κ3) is 52.8. The van der Waals surface area contributed by atoms with Gasteiger partial charge < -0.3 is 10.2 Å². The third-order valence-corrected chi connectivity index (χ3v) is 0.813. The first-order valence-electron chi connectivity index (χ1n) is 4.30. The molecule has 0 spiro atoms. The number of carbonyl (C=O) groups excluding carboxylic acids is 2. The standard InChI is InChI=1S/2C5H8O2.Mo.2O/c2*1-4(6)3-5(2)7;;;/h2*3,6H,1-2H3;;;/q;;+2;;/p-2/b2*4-3-;;;. The van der Waals surface area contributed by atoms with E-state index in [2.05, 4.69) is 0 Å². The van der Waals surface area contributed by atoms with Gasteiger partial charge in [-0.15, -0.1) is 11.5 Å². The van der Waals surface area contributed by atoms with E-state index in [0.29, 0.717) is 0 Å². The van der Waals surface area contributed by atoms with Crippen molar-refractivity contribution in [1.29, 1.82) is 0 Å². The summed E-state index contributed by atoms with van der Waals surface area (Å²) in [5.74, 6) is -0.750. The summed E-state index contributed by atoms with van der Waals surface area (Å²) in [6.07, 6.45) is 2.11. The predicted octanol–water partition coefficient (Wildman–Crippen LogP) is -0.561. The van der Waals surface area contributed by atoms with Gasteiger partial charge in [-0.3, -0.25) is 9.59 Å².